The number of ether oxygens (including phenoxy) is 1. The van der Waals surface area contributed by atoms with Gasteiger partial charge in [-0.25, -0.2) is 0 Å². The van der Waals surface area contributed by atoms with Gasteiger partial charge in [0.05, 0.1) is 5.41 Å². The average Bonchev–Trinajstić information content (AvgIpc) is 2.51. The first kappa shape index (κ1) is 15.7. The molecule has 0 spiro atoms. The summed E-state index contributed by atoms with van der Waals surface area (Å²) >= 11 is 0. The number of carbonyl (C=O) groups is 1. The molecule has 0 aliphatic heterocycles. The standard InChI is InChI=1S/C22H34O2/c1-6-20(2,3)19(23)24-22(5)13-9-16-14-7-12-8-15(18(14)22)17(10-13)21(16,4)11-12/h12-18H,6-11H2,1-5H3. The van der Waals surface area contributed by atoms with E-state index >= 15 is 0 Å². The molecule has 134 valence electrons. The highest BCUT2D eigenvalue weighted by Crippen LogP contribution is 2.78. The third-order valence-electron chi connectivity index (χ3n) is 9.89. The fourth-order valence-corrected chi connectivity index (χ4v) is 8.47. The second-order valence-corrected chi connectivity index (χ2v) is 11.1. The minimum atomic E-state index is -0.346. The third kappa shape index (κ3) is 1.62. The molecule has 0 heterocycles. The molecule has 7 aliphatic rings. The molecular weight excluding hydrogens is 296 g/mol. The number of hydrogen-bond donors (Lipinski definition) is 0. The van der Waals surface area contributed by atoms with Crippen LogP contribution in [0.1, 0.15) is 73.1 Å². The van der Waals surface area contributed by atoms with Crippen molar-refractivity contribution in [1.29, 1.82) is 0 Å². The lowest BCUT2D eigenvalue weighted by atomic mass is 9.29. The van der Waals surface area contributed by atoms with Crippen molar-refractivity contribution in [2.24, 2.45) is 52.3 Å². The first-order valence-corrected chi connectivity index (χ1v) is 10.4. The summed E-state index contributed by atoms with van der Waals surface area (Å²) in [5.41, 5.74) is 0.0912. The predicted molar refractivity (Wildman–Crippen MR) is 94.2 cm³/mol. The van der Waals surface area contributed by atoms with E-state index in [0.29, 0.717) is 17.3 Å². The van der Waals surface area contributed by atoms with Gasteiger partial charge in [-0.2, -0.15) is 0 Å². The van der Waals surface area contributed by atoms with Gasteiger partial charge in [-0.05, 0) is 100 Å². The Morgan fingerprint density at radius 3 is 2.21 bits per heavy atom. The zero-order valence-electron chi connectivity index (χ0n) is 16.1. The van der Waals surface area contributed by atoms with E-state index in [1.807, 2.05) is 13.8 Å². The first-order chi connectivity index (χ1) is 11.2. The summed E-state index contributed by atoms with van der Waals surface area (Å²) in [5, 5.41) is 0. The Kier molecular flexibility index (Phi) is 2.88. The second kappa shape index (κ2) is 4.41. The van der Waals surface area contributed by atoms with E-state index in [0.717, 1.165) is 36.0 Å². The molecule has 0 saturated heterocycles. The van der Waals surface area contributed by atoms with Gasteiger partial charge in [0.25, 0.3) is 0 Å². The van der Waals surface area contributed by atoms with Gasteiger partial charge >= 0.3 is 5.97 Å². The van der Waals surface area contributed by atoms with Crippen molar-refractivity contribution in [3.8, 4) is 0 Å². The van der Waals surface area contributed by atoms with E-state index in [9.17, 15) is 4.79 Å². The van der Waals surface area contributed by atoms with Crippen LogP contribution in [0, 0.1) is 52.3 Å². The lowest BCUT2D eigenvalue weighted by Crippen LogP contribution is -2.74. The zero-order chi connectivity index (χ0) is 17.1. The number of esters is 1. The van der Waals surface area contributed by atoms with Gasteiger partial charge in [-0.3, -0.25) is 4.79 Å². The molecule has 0 aromatic rings. The Morgan fingerprint density at radius 1 is 1.08 bits per heavy atom. The van der Waals surface area contributed by atoms with Gasteiger partial charge in [0.1, 0.15) is 5.60 Å². The summed E-state index contributed by atoms with van der Waals surface area (Å²) in [6.07, 6.45) is 7.84. The number of rotatable bonds is 3. The van der Waals surface area contributed by atoms with Crippen LogP contribution in [0.5, 0.6) is 0 Å². The minimum absolute atomic E-state index is 0.0504. The van der Waals surface area contributed by atoms with E-state index in [1.165, 1.54) is 32.1 Å². The maximum Gasteiger partial charge on any atom is 0.312 e. The lowest BCUT2D eigenvalue weighted by Gasteiger charge is -2.77. The molecule has 2 nitrogen and oxygen atoms in total. The first-order valence-electron chi connectivity index (χ1n) is 10.4. The van der Waals surface area contributed by atoms with Crippen LogP contribution in [0.25, 0.3) is 0 Å². The van der Waals surface area contributed by atoms with Crippen LogP contribution in [0.4, 0.5) is 0 Å². The van der Waals surface area contributed by atoms with Crippen molar-refractivity contribution < 1.29 is 9.53 Å². The second-order valence-electron chi connectivity index (χ2n) is 11.1. The van der Waals surface area contributed by atoms with Crippen LogP contribution < -0.4 is 0 Å². The van der Waals surface area contributed by atoms with Crippen LogP contribution >= 0.6 is 0 Å². The van der Waals surface area contributed by atoms with Crippen molar-refractivity contribution in [2.75, 3.05) is 0 Å². The lowest BCUT2D eigenvalue weighted by molar-refractivity contribution is -0.317. The van der Waals surface area contributed by atoms with Crippen molar-refractivity contribution >= 4 is 5.97 Å². The summed E-state index contributed by atoms with van der Waals surface area (Å²) < 4.78 is 6.45. The highest BCUT2D eigenvalue weighted by Gasteiger charge is 2.74. The van der Waals surface area contributed by atoms with Gasteiger partial charge in [0.2, 0.25) is 0 Å². The fourth-order valence-electron chi connectivity index (χ4n) is 8.47. The van der Waals surface area contributed by atoms with E-state index in [4.69, 9.17) is 4.74 Å². The topological polar surface area (TPSA) is 26.3 Å². The molecular formula is C22H34O2. The predicted octanol–water partition coefficient (Wildman–Crippen LogP) is 5.06. The van der Waals surface area contributed by atoms with Crippen LogP contribution in [-0.4, -0.2) is 11.6 Å². The summed E-state index contributed by atoms with van der Waals surface area (Å²) in [6.45, 7) is 11.1. The van der Waals surface area contributed by atoms with E-state index in [2.05, 4.69) is 20.8 Å². The molecule has 2 heteroatoms. The van der Waals surface area contributed by atoms with E-state index < -0.39 is 0 Å². The average molecular weight is 331 g/mol. The number of hydrogen-bond acceptors (Lipinski definition) is 2. The van der Waals surface area contributed by atoms with Crippen LogP contribution in [-0.2, 0) is 9.53 Å². The molecule has 0 N–H and O–H groups in total. The quantitative estimate of drug-likeness (QED) is 0.676. The fraction of sp³-hybridized carbons (Fsp3) is 0.955. The number of carbonyl (C=O) groups excluding carboxylic acids is 1. The molecule has 7 aliphatic carbocycles. The minimum Gasteiger partial charge on any atom is -0.458 e. The van der Waals surface area contributed by atoms with Gasteiger partial charge in [0.15, 0.2) is 0 Å². The van der Waals surface area contributed by atoms with Crippen molar-refractivity contribution in [2.45, 2.75) is 78.7 Å². The maximum absolute atomic E-state index is 12.9. The Balaban J connectivity index is 1.52. The van der Waals surface area contributed by atoms with Gasteiger partial charge in [-0.1, -0.05) is 13.8 Å². The molecule has 0 amide bonds. The molecule has 5 atom stereocenters. The van der Waals surface area contributed by atoms with Gasteiger partial charge in [0, 0.05) is 5.92 Å². The molecule has 0 aromatic heterocycles. The van der Waals surface area contributed by atoms with Crippen molar-refractivity contribution in [1.82, 2.24) is 0 Å². The summed E-state index contributed by atoms with van der Waals surface area (Å²) in [7, 11) is 0. The van der Waals surface area contributed by atoms with Crippen molar-refractivity contribution in [3.63, 3.8) is 0 Å². The molecule has 7 saturated carbocycles. The largest absolute Gasteiger partial charge is 0.458 e. The molecule has 7 rings (SSSR count). The van der Waals surface area contributed by atoms with Gasteiger partial charge < -0.3 is 4.74 Å². The molecule has 0 aromatic carbocycles. The summed E-state index contributed by atoms with van der Waals surface area (Å²) in [5.74, 6) is 5.80. The monoisotopic (exact) mass is 330 g/mol. The Morgan fingerprint density at radius 2 is 1.67 bits per heavy atom. The summed E-state index contributed by atoms with van der Waals surface area (Å²) in [6, 6.07) is 0. The third-order valence-corrected chi connectivity index (χ3v) is 9.89. The van der Waals surface area contributed by atoms with Crippen LogP contribution in [0.15, 0.2) is 0 Å². The normalized spacial score (nSPS) is 56.8. The zero-order valence-corrected chi connectivity index (χ0v) is 16.1. The maximum atomic E-state index is 12.9. The van der Waals surface area contributed by atoms with Crippen LogP contribution in [0.2, 0.25) is 0 Å². The molecule has 7 fully saturated rings. The summed E-state index contributed by atoms with van der Waals surface area (Å²) in [4.78, 5) is 12.9. The van der Waals surface area contributed by atoms with Crippen LogP contribution in [0.3, 0.4) is 0 Å². The Bertz CT molecular complexity index is 569. The Labute approximate surface area is 147 Å². The van der Waals surface area contributed by atoms with E-state index in [-0.39, 0.29) is 17.0 Å². The van der Waals surface area contributed by atoms with Crippen molar-refractivity contribution in [3.05, 3.63) is 0 Å². The van der Waals surface area contributed by atoms with Gasteiger partial charge in [-0.15, -0.1) is 0 Å². The Hall–Kier alpha value is -0.530. The highest BCUT2D eigenvalue weighted by atomic mass is 16.6. The molecule has 24 heavy (non-hydrogen) atoms. The van der Waals surface area contributed by atoms with E-state index in [1.54, 1.807) is 0 Å². The molecule has 8 bridgehead atoms. The highest BCUT2D eigenvalue weighted by molar-refractivity contribution is 5.76. The molecule has 0 radical (unpaired) electrons. The SMILES string of the molecule is CCC(C)(C)C(=O)OC1(C)C2CC3C4CC5CC(C(C2)C3(C)C5)C41. The smallest absolute Gasteiger partial charge is 0.312 e. The molecule has 5 unspecified atom stereocenters.